The van der Waals surface area contributed by atoms with Gasteiger partial charge in [0, 0.05) is 11.1 Å². The van der Waals surface area contributed by atoms with Crippen LogP contribution >= 0.6 is 0 Å². The maximum absolute atomic E-state index is 13.0. The van der Waals surface area contributed by atoms with Crippen molar-refractivity contribution in [3.05, 3.63) is 66.2 Å². The first-order valence-electron chi connectivity index (χ1n) is 7.67. The molecular weight excluding hydrogens is 371 g/mol. The number of amides is 1. The zero-order chi connectivity index (χ0) is 19.4. The Bertz CT molecular complexity index is 1110. The van der Waals surface area contributed by atoms with Crippen LogP contribution in [0.15, 0.2) is 59.8 Å². The molecule has 1 amide bonds. The van der Waals surface area contributed by atoms with Gasteiger partial charge in [-0.25, -0.2) is 9.37 Å². The molecule has 0 aliphatic carbocycles. The Kier molecular flexibility index (Phi) is 5.00. The highest BCUT2D eigenvalue weighted by atomic mass is 32.2. The molecule has 1 N–H and O–H groups in total. The minimum atomic E-state index is -3.99. The SMILES string of the molecule is C#CCNC(=O)c1ccc(S(=O)(=O)n2cnc(-c3ccc(F)cc3)n2)cc1. The van der Waals surface area contributed by atoms with Gasteiger partial charge < -0.3 is 5.32 Å². The van der Waals surface area contributed by atoms with E-state index >= 15 is 0 Å². The normalized spacial score (nSPS) is 11.0. The predicted molar refractivity (Wildman–Crippen MR) is 95.6 cm³/mol. The van der Waals surface area contributed by atoms with Crippen LogP contribution in [0.5, 0.6) is 0 Å². The number of carbonyl (C=O) groups is 1. The summed E-state index contributed by atoms with van der Waals surface area (Å²) in [4.78, 5) is 15.7. The van der Waals surface area contributed by atoms with Crippen molar-refractivity contribution in [1.82, 2.24) is 19.5 Å². The second-order valence-electron chi connectivity index (χ2n) is 5.36. The molecule has 3 aromatic rings. The molecule has 0 atom stereocenters. The molecule has 0 saturated heterocycles. The Morgan fingerprint density at radius 1 is 1.15 bits per heavy atom. The third kappa shape index (κ3) is 3.86. The number of carbonyl (C=O) groups excluding carboxylic acids is 1. The average Bonchev–Trinajstić information content (AvgIpc) is 3.18. The number of aromatic nitrogens is 3. The number of nitrogens with zero attached hydrogens (tertiary/aromatic N) is 3. The summed E-state index contributed by atoms with van der Waals surface area (Å²) < 4.78 is 39.0. The van der Waals surface area contributed by atoms with Crippen LogP contribution < -0.4 is 5.32 Å². The van der Waals surface area contributed by atoms with Gasteiger partial charge in [0.2, 0.25) is 0 Å². The fourth-order valence-corrected chi connectivity index (χ4v) is 3.27. The van der Waals surface area contributed by atoms with E-state index in [1.165, 1.54) is 48.5 Å². The van der Waals surface area contributed by atoms with E-state index < -0.39 is 21.7 Å². The first kappa shape index (κ1) is 18.3. The smallest absolute Gasteiger partial charge is 0.284 e. The van der Waals surface area contributed by atoms with E-state index in [4.69, 9.17) is 6.42 Å². The molecule has 1 heterocycles. The van der Waals surface area contributed by atoms with Crippen LogP contribution in [0, 0.1) is 18.2 Å². The molecule has 0 fully saturated rings. The number of halogens is 1. The Morgan fingerprint density at radius 2 is 1.81 bits per heavy atom. The fourth-order valence-electron chi connectivity index (χ4n) is 2.22. The molecule has 0 aliphatic rings. The summed E-state index contributed by atoms with van der Waals surface area (Å²) in [6.07, 6.45) is 6.13. The molecule has 2 aromatic carbocycles. The molecule has 0 bridgehead atoms. The molecule has 3 rings (SSSR count). The van der Waals surface area contributed by atoms with Crippen molar-refractivity contribution < 1.29 is 17.6 Å². The van der Waals surface area contributed by atoms with Gasteiger partial charge in [0.05, 0.1) is 11.4 Å². The molecule has 0 saturated carbocycles. The van der Waals surface area contributed by atoms with Crippen LogP contribution in [0.1, 0.15) is 10.4 Å². The molecule has 9 heteroatoms. The lowest BCUT2D eigenvalue weighted by Crippen LogP contribution is -2.23. The number of hydrogen-bond donors (Lipinski definition) is 1. The van der Waals surface area contributed by atoms with Crippen LogP contribution in [0.3, 0.4) is 0 Å². The number of rotatable bonds is 5. The molecule has 7 nitrogen and oxygen atoms in total. The summed E-state index contributed by atoms with van der Waals surface area (Å²) >= 11 is 0. The first-order valence-corrected chi connectivity index (χ1v) is 9.11. The van der Waals surface area contributed by atoms with E-state index in [1.807, 2.05) is 0 Å². The summed E-state index contributed by atoms with van der Waals surface area (Å²) in [5.74, 6) is 1.59. The fraction of sp³-hybridized carbons (Fsp3) is 0.0556. The summed E-state index contributed by atoms with van der Waals surface area (Å²) in [6, 6.07) is 10.7. The van der Waals surface area contributed by atoms with Gasteiger partial charge in [0.25, 0.3) is 15.9 Å². The van der Waals surface area contributed by atoms with Crippen molar-refractivity contribution in [1.29, 1.82) is 0 Å². The van der Waals surface area contributed by atoms with Crippen molar-refractivity contribution in [3.63, 3.8) is 0 Å². The lowest BCUT2D eigenvalue weighted by Gasteiger charge is -2.05. The second-order valence-corrected chi connectivity index (χ2v) is 7.16. The highest BCUT2D eigenvalue weighted by Gasteiger charge is 2.20. The predicted octanol–water partition coefficient (Wildman–Crippen LogP) is 1.68. The topological polar surface area (TPSA) is 94.0 Å². The third-order valence-electron chi connectivity index (χ3n) is 3.59. The Morgan fingerprint density at radius 3 is 2.44 bits per heavy atom. The van der Waals surface area contributed by atoms with Gasteiger partial charge in [0.15, 0.2) is 5.82 Å². The number of benzene rings is 2. The van der Waals surface area contributed by atoms with E-state index in [1.54, 1.807) is 0 Å². The van der Waals surface area contributed by atoms with Gasteiger partial charge in [-0.3, -0.25) is 4.79 Å². The lowest BCUT2D eigenvalue weighted by molar-refractivity contribution is 0.0958. The number of hydrogen-bond acceptors (Lipinski definition) is 5. The van der Waals surface area contributed by atoms with Gasteiger partial charge in [-0.2, -0.15) is 8.42 Å². The molecule has 0 spiro atoms. The van der Waals surface area contributed by atoms with Gasteiger partial charge >= 0.3 is 0 Å². The maximum atomic E-state index is 13.0. The first-order chi connectivity index (χ1) is 12.9. The highest BCUT2D eigenvalue weighted by Crippen LogP contribution is 2.18. The Labute approximate surface area is 154 Å². The standard InChI is InChI=1S/C18H13FN4O3S/c1-2-11-20-18(24)14-5-9-16(10-6-14)27(25,26)23-12-21-17(22-23)13-3-7-15(19)8-4-13/h1,3-10,12H,11H2,(H,20,24). The average molecular weight is 384 g/mol. The van der Waals surface area contributed by atoms with Crippen LogP contribution in [-0.2, 0) is 10.0 Å². The summed E-state index contributed by atoms with van der Waals surface area (Å²) in [5.41, 5.74) is 0.751. The minimum Gasteiger partial charge on any atom is -0.341 e. The largest absolute Gasteiger partial charge is 0.341 e. The number of terminal acetylenes is 1. The Balaban J connectivity index is 1.85. The quantitative estimate of drug-likeness (QED) is 0.676. The maximum Gasteiger partial charge on any atom is 0.284 e. The van der Waals surface area contributed by atoms with Crippen LogP contribution in [0.25, 0.3) is 11.4 Å². The van der Waals surface area contributed by atoms with Crippen molar-refractivity contribution >= 4 is 15.9 Å². The van der Waals surface area contributed by atoms with Crippen molar-refractivity contribution in [2.75, 3.05) is 6.54 Å². The highest BCUT2D eigenvalue weighted by molar-refractivity contribution is 7.89. The zero-order valence-corrected chi connectivity index (χ0v) is 14.6. The van der Waals surface area contributed by atoms with Crippen molar-refractivity contribution in [3.8, 4) is 23.7 Å². The van der Waals surface area contributed by atoms with Crippen molar-refractivity contribution in [2.45, 2.75) is 4.90 Å². The van der Waals surface area contributed by atoms with Gasteiger partial charge in [-0.1, -0.05) is 5.92 Å². The van der Waals surface area contributed by atoms with E-state index in [0.717, 1.165) is 10.4 Å². The molecule has 27 heavy (non-hydrogen) atoms. The van der Waals surface area contributed by atoms with Gasteiger partial charge in [-0.15, -0.1) is 15.6 Å². The van der Waals surface area contributed by atoms with E-state index in [-0.39, 0.29) is 22.8 Å². The third-order valence-corrected chi connectivity index (χ3v) is 5.12. The Hall–Kier alpha value is -3.51. The van der Waals surface area contributed by atoms with E-state index in [9.17, 15) is 17.6 Å². The molecule has 136 valence electrons. The van der Waals surface area contributed by atoms with Crippen LogP contribution in [-0.4, -0.2) is 35.0 Å². The number of nitrogens with one attached hydrogen (secondary N) is 1. The van der Waals surface area contributed by atoms with Gasteiger partial charge in [0.1, 0.15) is 12.1 Å². The van der Waals surface area contributed by atoms with Crippen LogP contribution in [0.2, 0.25) is 0 Å². The van der Waals surface area contributed by atoms with Crippen LogP contribution in [0.4, 0.5) is 4.39 Å². The lowest BCUT2D eigenvalue weighted by atomic mass is 10.2. The monoisotopic (exact) mass is 384 g/mol. The molecule has 0 aliphatic heterocycles. The molecule has 0 unspecified atom stereocenters. The van der Waals surface area contributed by atoms with Crippen molar-refractivity contribution in [2.24, 2.45) is 0 Å². The minimum absolute atomic E-state index is 0.0634. The van der Waals surface area contributed by atoms with E-state index in [2.05, 4.69) is 21.3 Å². The summed E-state index contributed by atoms with van der Waals surface area (Å²) in [5, 5.41) is 6.44. The summed E-state index contributed by atoms with van der Waals surface area (Å²) in [7, 11) is -3.99. The zero-order valence-electron chi connectivity index (χ0n) is 13.8. The second kappa shape index (κ2) is 7.39. The molecule has 1 aromatic heterocycles. The van der Waals surface area contributed by atoms with E-state index in [0.29, 0.717) is 5.56 Å². The summed E-state index contributed by atoms with van der Waals surface area (Å²) in [6.45, 7) is 0.0734. The molecule has 0 radical (unpaired) electrons. The van der Waals surface area contributed by atoms with Gasteiger partial charge in [-0.05, 0) is 48.5 Å². The molecular formula is C18H13FN4O3S.